The van der Waals surface area contributed by atoms with Gasteiger partial charge in [0.15, 0.2) is 0 Å². The molecule has 2 heterocycles. The fraction of sp³-hybridized carbons (Fsp3) is 0.577. The molecule has 6 nitrogen and oxygen atoms in total. The highest BCUT2D eigenvalue weighted by molar-refractivity contribution is 6.33. The van der Waals surface area contributed by atoms with Crippen molar-refractivity contribution in [1.29, 1.82) is 5.26 Å². The number of anilines is 1. The van der Waals surface area contributed by atoms with Crippen molar-refractivity contribution in [3.05, 3.63) is 41.2 Å². The molecule has 0 aromatic carbocycles. The molecule has 0 aliphatic heterocycles. The maximum atomic E-state index is 14.3. The number of rotatable bonds is 10. The first-order valence-corrected chi connectivity index (χ1v) is 12.5. The molecule has 2 saturated carbocycles. The number of pyridine rings is 2. The Kier molecular flexibility index (Phi) is 8.02. The van der Waals surface area contributed by atoms with E-state index in [0.29, 0.717) is 35.3 Å². The summed E-state index contributed by atoms with van der Waals surface area (Å²) >= 11 is 6.47. The van der Waals surface area contributed by atoms with Gasteiger partial charge in [-0.25, -0.2) is 4.98 Å². The SMILES string of the molecule is COC[C@H](C)NC1CCC(Cc2cc(-c3cnc(F)c(NCC4(C#N)CC4)c3)c(Cl)cn2)CC1. The minimum atomic E-state index is -0.576. The van der Waals surface area contributed by atoms with E-state index in [9.17, 15) is 9.65 Å². The average molecular weight is 486 g/mol. The molecule has 2 aromatic rings. The Hall–Kier alpha value is -2.27. The molecular weight excluding hydrogens is 453 g/mol. The molecule has 8 heteroatoms. The molecule has 0 bridgehead atoms. The van der Waals surface area contributed by atoms with Crippen LogP contribution in [-0.2, 0) is 11.2 Å². The number of methoxy groups -OCH3 is 1. The summed E-state index contributed by atoms with van der Waals surface area (Å²) in [6.07, 6.45) is 10.4. The van der Waals surface area contributed by atoms with Crippen molar-refractivity contribution in [1.82, 2.24) is 15.3 Å². The summed E-state index contributed by atoms with van der Waals surface area (Å²) in [6.45, 7) is 3.31. The molecule has 0 radical (unpaired) electrons. The average Bonchev–Trinajstić information content (AvgIpc) is 3.62. The van der Waals surface area contributed by atoms with E-state index in [1.807, 2.05) is 6.07 Å². The predicted octanol–water partition coefficient (Wildman–Crippen LogP) is 5.38. The Morgan fingerprint density at radius 3 is 2.68 bits per heavy atom. The van der Waals surface area contributed by atoms with Crippen molar-refractivity contribution in [3.8, 4) is 17.2 Å². The zero-order valence-electron chi connectivity index (χ0n) is 19.9. The van der Waals surface area contributed by atoms with Gasteiger partial charge in [-0.2, -0.15) is 9.65 Å². The predicted molar refractivity (Wildman–Crippen MR) is 132 cm³/mol. The lowest BCUT2D eigenvalue weighted by atomic mass is 9.83. The lowest BCUT2D eigenvalue weighted by Crippen LogP contribution is -2.41. The van der Waals surface area contributed by atoms with Crippen molar-refractivity contribution in [3.63, 3.8) is 0 Å². The molecule has 2 aliphatic carbocycles. The van der Waals surface area contributed by atoms with Crippen molar-refractivity contribution >= 4 is 17.3 Å². The zero-order valence-corrected chi connectivity index (χ0v) is 20.7. The van der Waals surface area contributed by atoms with Gasteiger partial charge < -0.3 is 15.4 Å². The number of nitriles is 1. The number of nitrogens with one attached hydrogen (secondary N) is 2. The van der Waals surface area contributed by atoms with Crippen LogP contribution in [0.25, 0.3) is 11.1 Å². The Morgan fingerprint density at radius 1 is 1.24 bits per heavy atom. The third kappa shape index (κ3) is 6.24. The van der Waals surface area contributed by atoms with E-state index in [-0.39, 0.29) is 5.41 Å². The normalized spacial score (nSPS) is 22.1. The second-order valence-corrected chi connectivity index (χ2v) is 10.3. The van der Waals surface area contributed by atoms with Crippen LogP contribution in [0.3, 0.4) is 0 Å². The first-order valence-electron chi connectivity index (χ1n) is 12.1. The number of nitrogens with zero attached hydrogens (tertiary/aromatic N) is 3. The number of hydrogen-bond acceptors (Lipinski definition) is 6. The summed E-state index contributed by atoms with van der Waals surface area (Å²) in [4.78, 5) is 8.49. The quantitative estimate of drug-likeness (QED) is 0.440. The van der Waals surface area contributed by atoms with Gasteiger partial charge in [0.05, 0.1) is 28.8 Å². The molecule has 0 saturated heterocycles. The van der Waals surface area contributed by atoms with Crippen LogP contribution < -0.4 is 10.6 Å². The van der Waals surface area contributed by atoms with Crippen molar-refractivity contribution in [2.75, 3.05) is 25.6 Å². The molecule has 2 N–H and O–H groups in total. The Balaban J connectivity index is 1.40. The highest BCUT2D eigenvalue weighted by Gasteiger charge is 2.43. The molecule has 182 valence electrons. The second kappa shape index (κ2) is 11.0. The maximum Gasteiger partial charge on any atom is 0.236 e. The number of hydrogen-bond donors (Lipinski definition) is 2. The van der Waals surface area contributed by atoms with Gasteiger partial charge in [0, 0.05) is 55.0 Å². The highest BCUT2D eigenvalue weighted by atomic mass is 35.5. The van der Waals surface area contributed by atoms with E-state index >= 15 is 0 Å². The topological polar surface area (TPSA) is 82.9 Å². The summed E-state index contributed by atoms with van der Waals surface area (Å²) in [7, 11) is 1.74. The Morgan fingerprint density at radius 2 is 2.00 bits per heavy atom. The summed E-state index contributed by atoms with van der Waals surface area (Å²) in [5, 5.41) is 16.5. The third-order valence-corrected chi connectivity index (χ3v) is 7.35. The van der Waals surface area contributed by atoms with E-state index in [1.54, 1.807) is 19.4 Å². The van der Waals surface area contributed by atoms with Crippen LogP contribution in [0.4, 0.5) is 10.1 Å². The van der Waals surface area contributed by atoms with Crippen LogP contribution in [0, 0.1) is 28.6 Å². The molecule has 0 unspecified atom stereocenters. The highest BCUT2D eigenvalue weighted by Crippen LogP contribution is 2.45. The van der Waals surface area contributed by atoms with Crippen molar-refractivity contribution in [2.24, 2.45) is 11.3 Å². The lowest BCUT2D eigenvalue weighted by Gasteiger charge is -2.31. The standard InChI is InChI=1S/C26H33ClFN5O/c1-17(14-34-2)33-20-5-3-18(4-6-20)9-21-11-22(23(27)13-30-21)19-10-24(25(28)31-12-19)32-16-26(15-29)7-8-26/h10-13,17-18,20,32-33H,3-9,14,16H2,1-2H3/t17-,18?,20?/m0/s1. The van der Waals surface area contributed by atoms with E-state index in [2.05, 4.69) is 33.6 Å². The molecular formula is C26H33ClFN5O. The molecule has 34 heavy (non-hydrogen) atoms. The molecule has 0 spiro atoms. The number of halogens is 2. The summed E-state index contributed by atoms with van der Waals surface area (Å²) < 4.78 is 19.5. The molecule has 2 aliphatic rings. The van der Waals surface area contributed by atoms with Crippen LogP contribution in [0.1, 0.15) is 51.1 Å². The van der Waals surface area contributed by atoms with Gasteiger partial charge >= 0.3 is 0 Å². The maximum absolute atomic E-state index is 14.3. The first kappa shape index (κ1) is 24.8. The van der Waals surface area contributed by atoms with Gasteiger partial charge in [0.2, 0.25) is 5.95 Å². The summed E-state index contributed by atoms with van der Waals surface area (Å²) in [5.41, 5.74) is 2.44. The van der Waals surface area contributed by atoms with Gasteiger partial charge in [-0.1, -0.05) is 11.6 Å². The van der Waals surface area contributed by atoms with Crippen LogP contribution in [0.5, 0.6) is 0 Å². The van der Waals surface area contributed by atoms with Crippen LogP contribution in [0.2, 0.25) is 5.02 Å². The van der Waals surface area contributed by atoms with Gasteiger partial charge in [0.25, 0.3) is 0 Å². The largest absolute Gasteiger partial charge is 0.383 e. The summed E-state index contributed by atoms with van der Waals surface area (Å²) in [6, 6.07) is 6.95. The minimum Gasteiger partial charge on any atom is -0.383 e. The van der Waals surface area contributed by atoms with Gasteiger partial charge in [-0.3, -0.25) is 4.98 Å². The minimum absolute atomic E-state index is 0.293. The zero-order chi connectivity index (χ0) is 24.1. The van der Waals surface area contributed by atoms with E-state index < -0.39 is 5.95 Å². The smallest absolute Gasteiger partial charge is 0.236 e. The number of aromatic nitrogens is 2. The molecule has 0 amide bonds. The molecule has 2 aromatic heterocycles. The van der Waals surface area contributed by atoms with Crippen LogP contribution in [-0.4, -0.2) is 42.3 Å². The van der Waals surface area contributed by atoms with Crippen LogP contribution in [0.15, 0.2) is 24.5 Å². The first-order chi connectivity index (χ1) is 16.4. The van der Waals surface area contributed by atoms with Crippen molar-refractivity contribution in [2.45, 2.75) is 64.0 Å². The summed E-state index contributed by atoms with van der Waals surface area (Å²) in [5.74, 6) is 0.00895. The van der Waals surface area contributed by atoms with Gasteiger partial charge in [-0.15, -0.1) is 0 Å². The van der Waals surface area contributed by atoms with Crippen molar-refractivity contribution < 1.29 is 9.13 Å². The Labute approximate surface area is 206 Å². The van der Waals surface area contributed by atoms with E-state index in [0.717, 1.165) is 68.4 Å². The Bertz CT molecular complexity index is 1030. The van der Waals surface area contributed by atoms with Gasteiger partial charge in [-0.05, 0) is 69.9 Å². The molecule has 1 atom stereocenters. The molecule has 4 rings (SSSR count). The fourth-order valence-electron chi connectivity index (χ4n) is 4.81. The van der Waals surface area contributed by atoms with Crippen LogP contribution >= 0.6 is 11.6 Å². The lowest BCUT2D eigenvalue weighted by molar-refractivity contribution is 0.158. The molecule has 2 fully saturated rings. The van der Waals surface area contributed by atoms with Gasteiger partial charge in [0.1, 0.15) is 0 Å². The van der Waals surface area contributed by atoms with E-state index in [1.165, 1.54) is 6.20 Å². The fourth-order valence-corrected chi connectivity index (χ4v) is 5.02. The third-order valence-electron chi connectivity index (χ3n) is 7.05. The second-order valence-electron chi connectivity index (χ2n) is 9.91. The number of ether oxygens (including phenoxy) is 1. The monoisotopic (exact) mass is 485 g/mol. The van der Waals surface area contributed by atoms with E-state index in [4.69, 9.17) is 16.3 Å².